The average molecular weight is 289 g/mol. The molecule has 5 nitrogen and oxygen atoms in total. The monoisotopic (exact) mass is 289 g/mol. The highest BCUT2D eigenvalue weighted by Gasteiger charge is 2.41. The molecule has 2 fully saturated rings. The van der Waals surface area contributed by atoms with Crippen molar-refractivity contribution in [3.05, 3.63) is 35.4 Å². The van der Waals surface area contributed by atoms with Crippen molar-refractivity contribution in [2.24, 2.45) is 0 Å². The fraction of sp³-hybridized carbons (Fsp3) is 0.500. The SMILES string of the molecule is O=C(CCc1ccc(C(=O)O)cc1)NC1CC2CCC1O2. The van der Waals surface area contributed by atoms with E-state index in [1.807, 2.05) is 0 Å². The summed E-state index contributed by atoms with van der Waals surface area (Å²) in [5, 5.41) is 11.9. The second kappa shape index (κ2) is 5.85. The van der Waals surface area contributed by atoms with E-state index in [0.29, 0.717) is 18.9 Å². The van der Waals surface area contributed by atoms with Gasteiger partial charge in [0.1, 0.15) is 0 Å². The summed E-state index contributed by atoms with van der Waals surface area (Å²) in [6, 6.07) is 6.83. The van der Waals surface area contributed by atoms with Crippen molar-refractivity contribution in [2.45, 2.75) is 50.4 Å². The normalized spacial score (nSPS) is 26.8. The first-order valence-electron chi connectivity index (χ1n) is 7.39. The number of rotatable bonds is 5. The number of carboxylic acid groups (broad SMARTS) is 1. The van der Waals surface area contributed by atoms with Crippen LogP contribution in [0.25, 0.3) is 0 Å². The van der Waals surface area contributed by atoms with Crippen molar-refractivity contribution in [1.82, 2.24) is 5.32 Å². The van der Waals surface area contributed by atoms with Gasteiger partial charge in [-0.25, -0.2) is 4.79 Å². The van der Waals surface area contributed by atoms with Gasteiger partial charge in [-0.05, 0) is 43.4 Å². The predicted octanol–water partition coefficient (Wildman–Crippen LogP) is 1.75. The molecule has 2 bridgehead atoms. The van der Waals surface area contributed by atoms with E-state index in [9.17, 15) is 9.59 Å². The molecular weight excluding hydrogens is 270 g/mol. The van der Waals surface area contributed by atoms with Gasteiger partial charge in [0.2, 0.25) is 5.91 Å². The highest BCUT2D eigenvalue weighted by Crippen LogP contribution is 2.34. The van der Waals surface area contributed by atoms with Crippen LogP contribution in [0.1, 0.15) is 41.6 Å². The fourth-order valence-corrected chi connectivity index (χ4v) is 3.14. The molecule has 0 aliphatic carbocycles. The van der Waals surface area contributed by atoms with E-state index in [1.54, 1.807) is 24.3 Å². The van der Waals surface area contributed by atoms with E-state index in [4.69, 9.17) is 9.84 Å². The van der Waals surface area contributed by atoms with Gasteiger partial charge in [-0.1, -0.05) is 12.1 Å². The van der Waals surface area contributed by atoms with Gasteiger partial charge in [-0.2, -0.15) is 0 Å². The van der Waals surface area contributed by atoms with Crippen LogP contribution in [-0.4, -0.2) is 35.2 Å². The van der Waals surface area contributed by atoms with E-state index in [-0.39, 0.29) is 23.6 Å². The molecule has 1 aromatic rings. The second-order valence-corrected chi connectivity index (χ2v) is 5.79. The van der Waals surface area contributed by atoms with Gasteiger partial charge < -0.3 is 15.2 Å². The largest absolute Gasteiger partial charge is 0.478 e. The van der Waals surface area contributed by atoms with Crippen LogP contribution in [0.2, 0.25) is 0 Å². The molecule has 0 radical (unpaired) electrons. The molecule has 2 saturated heterocycles. The summed E-state index contributed by atoms with van der Waals surface area (Å²) in [4.78, 5) is 22.7. The Morgan fingerprint density at radius 2 is 2.00 bits per heavy atom. The molecule has 0 aromatic heterocycles. The van der Waals surface area contributed by atoms with Crippen molar-refractivity contribution < 1.29 is 19.4 Å². The zero-order valence-electron chi connectivity index (χ0n) is 11.7. The van der Waals surface area contributed by atoms with Gasteiger partial charge in [0, 0.05) is 6.42 Å². The number of hydrogen-bond donors (Lipinski definition) is 2. The average Bonchev–Trinajstić information content (AvgIpc) is 3.08. The van der Waals surface area contributed by atoms with Crippen LogP contribution >= 0.6 is 0 Å². The van der Waals surface area contributed by atoms with E-state index >= 15 is 0 Å². The minimum atomic E-state index is -0.935. The molecule has 3 unspecified atom stereocenters. The third-order valence-electron chi connectivity index (χ3n) is 4.29. The Kier molecular flexibility index (Phi) is 3.92. The number of aromatic carboxylic acids is 1. The minimum Gasteiger partial charge on any atom is -0.478 e. The lowest BCUT2D eigenvalue weighted by atomic mass is 9.95. The highest BCUT2D eigenvalue weighted by atomic mass is 16.5. The first-order chi connectivity index (χ1) is 10.1. The zero-order chi connectivity index (χ0) is 14.8. The molecule has 2 aliphatic heterocycles. The number of hydrogen-bond acceptors (Lipinski definition) is 3. The smallest absolute Gasteiger partial charge is 0.335 e. The molecule has 2 N–H and O–H groups in total. The van der Waals surface area contributed by atoms with E-state index < -0.39 is 5.97 Å². The Balaban J connectivity index is 1.46. The molecule has 3 atom stereocenters. The first kappa shape index (κ1) is 14.1. The summed E-state index contributed by atoms with van der Waals surface area (Å²) in [5.41, 5.74) is 1.24. The molecule has 0 saturated carbocycles. The summed E-state index contributed by atoms with van der Waals surface area (Å²) in [7, 11) is 0. The minimum absolute atomic E-state index is 0.0402. The van der Waals surface area contributed by atoms with E-state index in [2.05, 4.69) is 5.32 Å². The standard InChI is InChI=1S/C16H19NO4/c18-15(17-13-9-12-6-7-14(13)21-12)8-3-10-1-4-11(5-2-10)16(19)20/h1-2,4-5,12-14H,3,6-9H2,(H,17,18)(H,19,20). The van der Waals surface area contributed by atoms with Crippen LogP contribution in [0, 0.1) is 0 Å². The predicted molar refractivity (Wildman–Crippen MR) is 76.2 cm³/mol. The van der Waals surface area contributed by atoms with Crippen LogP contribution in [0.4, 0.5) is 0 Å². The lowest BCUT2D eigenvalue weighted by Crippen LogP contribution is -2.41. The molecule has 0 spiro atoms. The van der Waals surface area contributed by atoms with Crippen LogP contribution in [0.5, 0.6) is 0 Å². The van der Waals surface area contributed by atoms with E-state index in [0.717, 1.165) is 24.8 Å². The number of carboxylic acids is 1. The Labute approximate surface area is 123 Å². The summed E-state index contributed by atoms with van der Waals surface area (Å²) in [6.07, 6.45) is 4.68. The number of ether oxygens (including phenoxy) is 1. The maximum Gasteiger partial charge on any atom is 0.335 e. The van der Waals surface area contributed by atoms with Crippen molar-refractivity contribution in [3.8, 4) is 0 Å². The number of nitrogens with one attached hydrogen (secondary N) is 1. The van der Waals surface area contributed by atoms with Gasteiger partial charge in [0.25, 0.3) is 0 Å². The lowest BCUT2D eigenvalue weighted by molar-refractivity contribution is -0.122. The highest BCUT2D eigenvalue weighted by molar-refractivity contribution is 5.87. The Hall–Kier alpha value is -1.88. The van der Waals surface area contributed by atoms with Gasteiger partial charge in [-0.15, -0.1) is 0 Å². The number of benzene rings is 1. The molecule has 2 aliphatic rings. The number of amides is 1. The molecule has 1 aromatic carbocycles. The van der Waals surface area contributed by atoms with E-state index in [1.165, 1.54) is 0 Å². The third kappa shape index (κ3) is 3.24. The number of carbonyl (C=O) groups excluding carboxylic acids is 1. The molecule has 112 valence electrons. The maximum absolute atomic E-state index is 12.0. The topological polar surface area (TPSA) is 75.6 Å². The molecule has 2 heterocycles. The van der Waals surface area contributed by atoms with Gasteiger partial charge in [0.15, 0.2) is 0 Å². The third-order valence-corrected chi connectivity index (χ3v) is 4.29. The second-order valence-electron chi connectivity index (χ2n) is 5.79. The van der Waals surface area contributed by atoms with Gasteiger partial charge >= 0.3 is 5.97 Å². The Bertz CT molecular complexity index is 540. The van der Waals surface area contributed by atoms with Crippen molar-refractivity contribution in [3.63, 3.8) is 0 Å². The summed E-state index contributed by atoms with van der Waals surface area (Å²) < 4.78 is 5.71. The Morgan fingerprint density at radius 3 is 2.57 bits per heavy atom. The van der Waals surface area contributed by atoms with Crippen molar-refractivity contribution >= 4 is 11.9 Å². The van der Waals surface area contributed by atoms with Crippen LogP contribution in [0.15, 0.2) is 24.3 Å². The van der Waals surface area contributed by atoms with Gasteiger partial charge in [0.05, 0.1) is 23.8 Å². The molecule has 1 amide bonds. The summed E-state index contributed by atoms with van der Waals surface area (Å²) in [5.74, 6) is -0.894. The van der Waals surface area contributed by atoms with Crippen LogP contribution in [-0.2, 0) is 16.0 Å². The molecule has 3 rings (SSSR count). The van der Waals surface area contributed by atoms with Gasteiger partial charge in [-0.3, -0.25) is 4.79 Å². The van der Waals surface area contributed by atoms with Crippen molar-refractivity contribution in [2.75, 3.05) is 0 Å². The number of fused-ring (bicyclic) bond motifs is 2. The maximum atomic E-state index is 12.0. The zero-order valence-corrected chi connectivity index (χ0v) is 11.7. The Morgan fingerprint density at radius 1 is 1.24 bits per heavy atom. The first-order valence-corrected chi connectivity index (χ1v) is 7.39. The van der Waals surface area contributed by atoms with Crippen molar-refractivity contribution in [1.29, 1.82) is 0 Å². The molecule has 5 heteroatoms. The fourth-order valence-electron chi connectivity index (χ4n) is 3.14. The molecular formula is C16H19NO4. The summed E-state index contributed by atoms with van der Waals surface area (Å²) in [6.45, 7) is 0. The number of carbonyl (C=O) groups is 2. The quantitative estimate of drug-likeness (QED) is 0.866. The summed E-state index contributed by atoms with van der Waals surface area (Å²) >= 11 is 0. The molecule has 21 heavy (non-hydrogen) atoms. The number of aryl methyl sites for hydroxylation is 1. The van der Waals surface area contributed by atoms with Crippen LogP contribution in [0.3, 0.4) is 0 Å². The lowest BCUT2D eigenvalue weighted by Gasteiger charge is -2.19. The van der Waals surface area contributed by atoms with Crippen LogP contribution < -0.4 is 5.32 Å².